The van der Waals surface area contributed by atoms with E-state index in [9.17, 15) is 4.79 Å². The quantitative estimate of drug-likeness (QED) is 0.838. The molecule has 1 heterocycles. The topological polar surface area (TPSA) is 49.8 Å². The van der Waals surface area contributed by atoms with Crippen LogP contribution in [0.1, 0.15) is 25.3 Å². The van der Waals surface area contributed by atoms with Crippen LogP contribution in [0.3, 0.4) is 0 Å². The number of hydrogen-bond donors (Lipinski definition) is 1. The molecule has 4 heteroatoms. The Labute approximate surface area is 126 Å². The maximum absolute atomic E-state index is 11.1. The molecule has 116 valence electrons. The molecule has 0 spiro atoms. The van der Waals surface area contributed by atoms with Gasteiger partial charge in [0.2, 0.25) is 0 Å². The highest BCUT2D eigenvalue weighted by Crippen LogP contribution is 2.21. The van der Waals surface area contributed by atoms with Gasteiger partial charge in [0.1, 0.15) is 0 Å². The van der Waals surface area contributed by atoms with Crippen LogP contribution in [-0.2, 0) is 16.0 Å². The van der Waals surface area contributed by atoms with E-state index in [1.165, 1.54) is 5.56 Å². The molecule has 1 aliphatic rings. The molecular formula is C17H25NO3. The summed E-state index contributed by atoms with van der Waals surface area (Å²) in [5.74, 6) is -0.151. The maximum Gasteiger partial charge on any atom is 0.334 e. The molecule has 0 bridgehead atoms. The number of hydrogen-bond acceptors (Lipinski definition) is 3. The second-order valence-corrected chi connectivity index (χ2v) is 5.72. The molecule has 1 atom stereocenters. The Morgan fingerprint density at radius 2 is 2.00 bits per heavy atom. The molecule has 1 fully saturated rings. The summed E-state index contributed by atoms with van der Waals surface area (Å²) in [5.41, 5.74) is 1.40. The van der Waals surface area contributed by atoms with Crippen LogP contribution in [0.15, 0.2) is 30.3 Å². The van der Waals surface area contributed by atoms with Crippen molar-refractivity contribution >= 4 is 5.97 Å². The van der Waals surface area contributed by atoms with Crippen molar-refractivity contribution in [3.8, 4) is 0 Å². The Morgan fingerprint density at radius 1 is 1.33 bits per heavy atom. The van der Waals surface area contributed by atoms with Gasteiger partial charge < -0.3 is 14.7 Å². The molecule has 1 aromatic rings. The molecule has 0 amide bonds. The lowest BCUT2D eigenvalue weighted by Crippen LogP contribution is -2.43. The molecule has 1 N–H and O–H groups in total. The summed E-state index contributed by atoms with van der Waals surface area (Å²) in [6.07, 6.45) is 2.70. The minimum atomic E-state index is -0.858. The lowest BCUT2D eigenvalue weighted by Gasteiger charge is -2.33. The lowest BCUT2D eigenvalue weighted by atomic mass is 9.90. The number of nitrogens with zero attached hydrogens (tertiary/aromatic N) is 1. The van der Waals surface area contributed by atoms with Crippen molar-refractivity contribution in [2.75, 3.05) is 26.2 Å². The summed E-state index contributed by atoms with van der Waals surface area (Å²) in [4.78, 5) is 13.3. The van der Waals surface area contributed by atoms with Crippen LogP contribution >= 0.6 is 0 Å². The summed E-state index contributed by atoms with van der Waals surface area (Å²) >= 11 is 0. The second-order valence-electron chi connectivity index (χ2n) is 5.72. The second kappa shape index (κ2) is 8.15. The van der Waals surface area contributed by atoms with E-state index in [-0.39, 0.29) is 0 Å². The molecular weight excluding hydrogens is 266 g/mol. The Bertz CT molecular complexity index is 427. The van der Waals surface area contributed by atoms with Gasteiger partial charge in [-0.25, -0.2) is 4.79 Å². The average Bonchev–Trinajstić information content (AvgIpc) is 2.49. The van der Waals surface area contributed by atoms with Crippen molar-refractivity contribution in [2.24, 2.45) is 5.92 Å². The first-order chi connectivity index (χ1) is 10.2. The van der Waals surface area contributed by atoms with E-state index in [2.05, 4.69) is 29.2 Å². The van der Waals surface area contributed by atoms with Gasteiger partial charge in [0.05, 0.1) is 0 Å². The highest BCUT2D eigenvalue weighted by Gasteiger charge is 2.25. The Hall–Kier alpha value is -1.39. The van der Waals surface area contributed by atoms with Crippen LogP contribution in [-0.4, -0.2) is 48.3 Å². The Morgan fingerprint density at radius 3 is 2.57 bits per heavy atom. The predicted octanol–water partition coefficient (Wildman–Crippen LogP) is 2.43. The van der Waals surface area contributed by atoms with E-state index in [0.717, 1.165) is 32.4 Å². The number of carboxylic acid groups (broad SMARTS) is 1. The molecule has 1 saturated heterocycles. The van der Waals surface area contributed by atoms with Crippen LogP contribution in [0.5, 0.6) is 0 Å². The first-order valence-electron chi connectivity index (χ1n) is 7.79. The van der Waals surface area contributed by atoms with E-state index in [0.29, 0.717) is 19.1 Å². The third-order valence-electron chi connectivity index (χ3n) is 4.14. The number of benzene rings is 1. The number of aliphatic carboxylic acids is 1. The van der Waals surface area contributed by atoms with Gasteiger partial charge in [-0.2, -0.15) is 0 Å². The van der Waals surface area contributed by atoms with Gasteiger partial charge in [0, 0.05) is 13.2 Å². The first-order valence-corrected chi connectivity index (χ1v) is 7.79. The van der Waals surface area contributed by atoms with Gasteiger partial charge in [-0.3, -0.25) is 0 Å². The van der Waals surface area contributed by atoms with Crippen LogP contribution in [0, 0.1) is 5.92 Å². The monoisotopic (exact) mass is 291 g/mol. The minimum absolute atomic E-state index is 0.446. The van der Waals surface area contributed by atoms with Crippen LogP contribution in [0.2, 0.25) is 0 Å². The van der Waals surface area contributed by atoms with E-state index < -0.39 is 12.1 Å². The summed E-state index contributed by atoms with van der Waals surface area (Å²) in [7, 11) is 0. The molecule has 1 aromatic carbocycles. The smallest absolute Gasteiger partial charge is 0.334 e. The van der Waals surface area contributed by atoms with E-state index in [1.54, 1.807) is 0 Å². The Balaban J connectivity index is 1.76. The molecule has 0 aromatic heterocycles. The normalized spacial score (nSPS) is 18.5. The number of carboxylic acids is 1. The third kappa shape index (κ3) is 5.14. The van der Waals surface area contributed by atoms with Crippen molar-refractivity contribution < 1.29 is 14.6 Å². The van der Waals surface area contributed by atoms with Gasteiger partial charge >= 0.3 is 5.97 Å². The SMILES string of the molecule is CCOC(CN1CCC(Cc2ccccc2)CC1)C(=O)O. The average molecular weight is 291 g/mol. The first kappa shape index (κ1) is 16.0. The van der Waals surface area contributed by atoms with Gasteiger partial charge in [-0.1, -0.05) is 30.3 Å². The molecule has 21 heavy (non-hydrogen) atoms. The zero-order valence-corrected chi connectivity index (χ0v) is 12.7. The molecule has 1 aliphatic heterocycles. The number of ether oxygens (including phenoxy) is 1. The van der Waals surface area contributed by atoms with Crippen molar-refractivity contribution in [3.63, 3.8) is 0 Å². The van der Waals surface area contributed by atoms with Crippen molar-refractivity contribution in [1.82, 2.24) is 4.90 Å². The zero-order chi connectivity index (χ0) is 15.1. The zero-order valence-electron chi connectivity index (χ0n) is 12.7. The highest BCUT2D eigenvalue weighted by molar-refractivity contribution is 5.72. The van der Waals surface area contributed by atoms with Crippen molar-refractivity contribution in [2.45, 2.75) is 32.3 Å². The summed E-state index contributed by atoms with van der Waals surface area (Å²) in [6.45, 7) is 4.72. The lowest BCUT2D eigenvalue weighted by molar-refractivity contribution is -0.151. The number of carbonyl (C=O) groups is 1. The number of likely N-dealkylation sites (tertiary alicyclic amines) is 1. The fourth-order valence-corrected chi connectivity index (χ4v) is 2.96. The molecule has 0 saturated carbocycles. The van der Waals surface area contributed by atoms with E-state index in [4.69, 9.17) is 9.84 Å². The van der Waals surface area contributed by atoms with Crippen LogP contribution < -0.4 is 0 Å². The standard InChI is InChI=1S/C17H25NO3/c1-2-21-16(17(19)20)13-18-10-8-15(9-11-18)12-14-6-4-3-5-7-14/h3-7,15-16H,2,8-13H2,1H3,(H,19,20). The molecule has 2 rings (SSSR count). The van der Waals surface area contributed by atoms with E-state index >= 15 is 0 Å². The van der Waals surface area contributed by atoms with E-state index in [1.807, 2.05) is 13.0 Å². The fraction of sp³-hybridized carbons (Fsp3) is 0.588. The fourth-order valence-electron chi connectivity index (χ4n) is 2.96. The van der Waals surface area contributed by atoms with Crippen molar-refractivity contribution in [1.29, 1.82) is 0 Å². The summed E-state index contributed by atoms with van der Waals surface area (Å²) < 4.78 is 5.29. The predicted molar refractivity (Wildman–Crippen MR) is 82.4 cm³/mol. The van der Waals surface area contributed by atoms with Gasteiger partial charge in [0.15, 0.2) is 6.10 Å². The van der Waals surface area contributed by atoms with Gasteiger partial charge in [-0.15, -0.1) is 0 Å². The summed E-state index contributed by atoms with van der Waals surface area (Å²) in [5, 5.41) is 9.13. The number of rotatable bonds is 7. The minimum Gasteiger partial charge on any atom is -0.479 e. The largest absolute Gasteiger partial charge is 0.479 e. The third-order valence-corrected chi connectivity index (χ3v) is 4.14. The molecule has 0 aliphatic carbocycles. The maximum atomic E-state index is 11.1. The molecule has 4 nitrogen and oxygen atoms in total. The van der Waals surface area contributed by atoms with Crippen molar-refractivity contribution in [3.05, 3.63) is 35.9 Å². The van der Waals surface area contributed by atoms with Crippen LogP contribution in [0.4, 0.5) is 0 Å². The van der Waals surface area contributed by atoms with Crippen LogP contribution in [0.25, 0.3) is 0 Å². The number of piperidine rings is 1. The highest BCUT2D eigenvalue weighted by atomic mass is 16.5. The van der Waals surface area contributed by atoms with Gasteiger partial charge in [-0.05, 0) is 50.8 Å². The molecule has 1 unspecified atom stereocenters. The summed E-state index contributed by atoms with van der Waals surface area (Å²) in [6, 6.07) is 10.6. The Kier molecular flexibility index (Phi) is 6.21. The molecule has 0 radical (unpaired) electrons. The van der Waals surface area contributed by atoms with Gasteiger partial charge in [0.25, 0.3) is 0 Å².